The van der Waals surface area contributed by atoms with Gasteiger partial charge >= 0.3 is 12.6 Å². The predicted molar refractivity (Wildman–Crippen MR) is 40.8 cm³/mol. The summed E-state index contributed by atoms with van der Waals surface area (Å²) < 4.78 is 36.4. The summed E-state index contributed by atoms with van der Waals surface area (Å²) in [5, 5.41) is 0. The second-order valence-electron chi connectivity index (χ2n) is 2.46. The summed E-state index contributed by atoms with van der Waals surface area (Å²) in [6.45, 7) is 0. The van der Waals surface area contributed by atoms with Gasteiger partial charge in [0.05, 0.1) is 6.20 Å². The van der Waals surface area contributed by atoms with Crippen LogP contribution in [0.2, 0.25) is 0 Å². The summed E-state index contributed by atoms with van der Waals surface area (Å²) in [7, 11) is 0. The molecule has 3 nitrogen and oxygen atoms in total. The van der Waals surface area contributed by atoms with Gasteiger partial charge in [-0.05, 0) is 9.98 Å². The fourth-order valence-electron chi connectivity index (χ4n) is 0.997. The van der Waals surface area contributed by atoms with E-state index in [1.807, 2.05) is 0 Å². The molecule has 0 aromatic rings. The van der Waals surface area contributed by atoms with E-state index in [0.29, 0.717) is 5.71 Å². The number of hydrogen-bond acceptors (Lipinski definition) is 3. The van der Waals surface area contributed by atoms with Crippen LogP contribution in [0, 0.1) is 0 Å². The molecule has 2 rings (SSSR count). The molecule has 67 valence electrons. The van der Waals surface area contributed by atoms with Gasteiger partial charge in [0.1, 0.15) is 0 Å². The first kappa shape index (κ1) is 8.03. The fourth-order valence-corrected chi connectivity index (χ4v) is 0.997. The number of nitrogens with zero attached hydrogens (tertiary/aromatic N) is 3. The average molecular weight is 187 g/mol. The van der Waals surface area contributed by atoms with Gasteiger partial charge in [0.2, 0.25) is 11.4 Å². The van der Waals surface area contributed by atoms with Crippen molar-refractivity contribution in [3.8, 4) is 0 Å². The molecule has 0 aromatic carbocycles. The van der Waals surface area contributed by atoms with E-state index in [4.69, 9.17) is 0 Å². The normalized spacial score (nSPS) is 20.1. The van der Waals surface area contributed by atoms with Crippen molar-refractivity contribution in [2.45, 2.75) is 6.30 Å². The smallest absolute Gasteiger partial charge is 0.262 e. The second kappa shape index (κ2) is 2.45. The molecule has 0 bridgehead atoms. The minimum absolute atomic E-state index is 0.143. The first-order chi connectivity index (χ1) is 6.07. The van der Waals surface area contributed by atoms with E-state index >= 15 is 0 Å². The Morgan fingerprint density at radius 1 is 1.38 bits per heavy atom. The summed E-state index contributed by atoms with van der Waals surface area (Å²) in [4.78, 5) is 7.55. The predicted octanol–water partition coefficient (Wildman–Crippen LogP) is 0.996. The third kappa shape index (κ3) is 1.34. The lowest BCUT2D eigenvalue weighted by atomic mass is 10.2. The van der Waals surface area contributed by atoms with Crippen LogP contribution in [-0.4, -0.2) is 23.3 Å². The van der Waals surface area contributed by atoms with Crippen molar-refractivity contribution in [3.05, 3.63) is 24.2 Å². The van der Waals surface area contributed by atoms with Gasteiger partial charge in [-0.3, -0.25) is 4.90 Å². The monoisotopic (exact) mass is 187 g/mol. The molecule has 0 atom stereocenters. The summed E-state index contributed by atoms with van der Waals surface area (Å²) in [6, 6.07) is 0. The molecule has 0 N–H and O–H groups in total. The van der Waals surface area contributed by atoms with Gasteiger partial charge in [0, 0.05) is 12.3 Å². The Morgan fingerprint density at radius 2 is 2.15 bits per heavy atom. The number of hydrogen-bond donors (Lipinski definition) is 0. The Labute approximate surface area is 71.6 Å². The van der Waals surface area contributed by atoms with E-state index in [1.54, 1.807) is 0 Å². The molecule has 0 spiro atoms. The molecule has 6 heteroatoms. The van der Waals surface area contributed by atoms with E-state index in [2.05, 4.69) is 9.98 Å². The lowest BCUT2D eigenvalue weighted by Gasteiger charge is -2.19. The highest BCUT2D eigenvalue weighted by Gasteiger charge is 2.38. The van der Waals surface area contributed by atoms with Crippen molar-refractivity contribution >= 4 is 12.1 Å². The summed E-state index contributed by atoms with van der Waals surface area (Å²) >= 11 is 0. The maximum Gasteiger partial charge on any atom is 0.488 e. The number of aliphatic imine (C=N–C) groups is 2. The third-order valence-electron chi connectivity index (χ3n) is 1.60. The van der Waals surface area contributed by atoms with Gasteiger partial charge in [-0.2, -0.15) is 0 Å². The van der Waals surface area contributed by atoms with E-state index < -0.39 is 6.30 Å². The molecule has 0 aliphatic carbocycles. The van der Waals surface area contributed by atoms with Crippen molar-refractivity contribution < 1.29 is 13.2 Å². The summed E-state index contributed by atoms with van der Waals surface area (Å²) in [5.74, 6) is 0. The second-order valence-corrected chi connectivity index (χ2v) is 2.46. The SMILES string of the molecule is FC(F)(F)N1C=CC2=[N+]C=NC2=C1. The van der Waals surface area contributed by atoms with Crippen LogP contribution in [0.3, 0.4) is 0 Å². The van der Waals surface area contributed by atoms with Crippen molar-refractivity contribution in [3.63, 3.8) is 0 Å². The Balaban J connectivity index is 2.30. The van der Waals surface area contributed by atoms with Crippen LogP contribution in [0.4, 0.5) is 13.2 Å². The molecule has 2 aliphatic rings. The van der Waals surface area contributed by atoms with Crippen molar-refractivity contribution in [1.82, 2.24) is 9.89 Å². The largest absolute Gasteiger partial charge is 0.488 e. The van der Waals surface area contributed by atoms with E-state index in [-0.39, 0.29) is 10.6 Å². The van der Waals surface area contributed by atoms with Gasteiger partial charge in [-0.15, -0.1) is 13.2 Å². The Hall–Kier alpha value is -1.59. The Kier molecular flexibility index (Phi) is 1.51. The zero-order valence-electron chi connectivity index (χ0n) is 6.28. The Morgan fingerprint density at radius 3 is 2.85 bits per heavy atom. The van der Waals surface area contributed by atoms with Gasteiger partial charge in [0.15, 0.2) is 0 Å². The fraction of sp³-hybridized carbons (Fsp3) is 0.143. The molecule has 0 unspecified atom stereocenters. The highest BCUT2D eigenvalue weighted by atomic mass is 19.4. The molecule has 0 aromatic heterocycles. The van der Waals surface area contributed by atoms with Gasteiger partial charge in [0.25, 0.3) is 0 Å². The van der Waals surface area contributed by atoms with Crippen LogP contribution in [-0.2, 0) is 0 Å². The summed E-state index contributed by atoms with van der Waals surface area (Å²) in [5.41, 5.74) is 0.695. The molecule has 0 fully saturated rings. The number of allylic oxidation sites excluding steroid dienone is 1. The van der Waals surface area contributed by atoms with Gasteiger partial charge in [-0.1, -0.05) is 0 Å². The minimum atomic E-state index is -4.40. The van der Waals surface area contributed by atoms with Crippen molar-refractivity contribution in [2.75, 3.05) is 0 Å². The van der Waals surface area contributed by atoms with E-state index in [1.165, 1.54) is 12.4 Å². The minimum Gasteiger partial charge on any atom is -0.262 e. The van der Waals surface area contributed by atoms with Crippen LogP contribution in [0.25, 0.3) is 0 Å². The zero-order valence-corrected chi connectivity index (χ0v) is 6.28. The highest BCUT2D eigenvalue weighted by molar-refractivity contribution is 6.13. The molecule has 0 amide bonds. The number of halogens is 3. The van der Waals surface area contributed by atoms with Crippen molar-refractivity contribution in [2.24, 2.45) is 4.99 Å². The van der Waals surface area contributed by atoms with Crippen molar-refractivity contribution in [1.29, 1.82) is 0 Å². The maximum atomic E-state index is 12.1. The van der Waals surface area contributed by atoms with Crippen LogP contribution in [0.15, 0.2) is 29.2 Å². The van der Waals surface area contributed by atoms with E-state index in [0.717, 1.165) is 12.4 Å². The quantitative estimate of drug-likeness (QED) is 0.520. The van der Waals surface area contributed by atoms with Crippen LogP contribution >= 0.6 is 0 Å². The summed E-state index contributed by atoms with van der Waals surface area (Å²) in [6.07, 6.45) is -0.0757. The van der Waals surface area contributed by atoms with E-state index in [9.17, 15) is 13.2 Å². The topological polar surface area (TPSA) is 29.7 Å². The number of rotatable bonds is 0. The highest BCUT2D eigenvalue weighted by Crippen LogP contribution is 2.25. The average Bonchev–Trinajstić information content (AvgIpc) is 2.47. The third-order valence-corrected chi connectivity index (χ3v) is 1.60. The molecule has 1 radical (unpaired) electrons. The molecular formula is C7H4F3N3+. The van der Waals surface area contributed by atoms with Crippen LogP contribution in [0.1, 0.15) is 0 Å². The lowest BCUT2D eigenvalue weighted by molar-refractivity contribution is -0.210. The lowest BCUT2D eigenvalue weighted by Crippen LogP contribution is -2.31. The molecule has 0 saturated carbocycles. The number of fused-ring (bicyclic) bond motifs is 1. The standard InChI is InChI=1S/C7H4F3N3/c8-7(9,10)13-2-1-5-6(3-13)12-4-11-5/h1-4H/q+1. The van der Waals surface area contributed by atoms with Crippen LogP contribution < -0.4 is 4.99 Å². The first-order valence-electron chi connectivity index (χ1n) is 3.43. The zero-order chi connectivity index (χ0) is 9.47. The maximum absolute atomic E-state index is 12.1. The molecular weight excluding hydrogens is 183 g/mol. The molecule has 13 heavy (non-hydrogen) atoms. The van der Waals surface area contributed by atoms with Gasteiger partial charge in [-0.25, -0.2) is 0 Å². The molecule has 2 aliphatic heterocycles. The van der Waals surface area contributed by atoms with Crippen LogP contribution in [0.5, 0.6) is 0 Å². The molecule has 0 saturated heterocycles. The molecule has 2 heterocycles. The van der Waals surface area contributed by atoms with Gasteiger partial charge < -0.3 is 0 Å². The Bertz CT molecular complexity index is 348. The first-order valence-corrected chi connectivity index (χ1v) is 3.43. The number of alkyl halides is 3.